The molecule has 0 aliphatic carbocycles. The lowest BCUT2D eigenvalue weighted by Crippen LogP contribution is -2.54. The zero-order valence-corrected chi connectivity index (χ0v) is 25.0. The maximum atomic E-state index is 13.4. The fourth-order valence-electron chi connectivity index (χ4n) is 5.73. The number of ketones is 1. The van der Waals surface area contributed by atoms with Gasteiger partial charge < -0.3 is 37.6 Å². The molecule has 13 nitrogen and oxygen atoms in total. The molecule has 0 aromatic heterocycles. The number of likely N-dealkylation sites (N-methyl/N-ethyl adjacent to an activating group) is 1. The quantitative estimate of drug-likeness (QED) is 0.101. The van der Waals surface area contributed by atoms with Crippen molar-refractivity contribution in [2.24, 2.45) is 22.2 Å². The van der Waals surface area contributed by atoms with Gasteiger partial charge >= 0.3 is 0 Å². The summed E-state index contributed by atoms with van der Waals surface area (Å²) in [6.45, 7) is 3.43. The first-order valence-corrected chi connectivity index (χ1v) is 15.2. The van der Waals surface area contributed by atoms with Crippen molar-refractivity contribution in [1.29, 1.82) is 0 Å². The van der Waals surface area contributed by atoms with Crippen LogP contribution in [0.4, 0.5) is 0 Å². The third-order valence-electron chi connectivity index (χ3n) is 7.92. The molecule has 0 saturated carbocycles. The second-order valence-corrected chi connectivity index (χ2v) is 11.1. The molecular formula is C30H46N8O5. The van der Waals surface area contributed by atoms with Crippen LogP contribution in [0.3, 0.4) is 0 Å². The molecule has 13 heteroatoms. The van der Waals surface area contributed by atoms with Crippen molar-refractivity contribution in [2.75, 3.05) is 26.2 Å². The molecule has 43 heavy (non-hydrogen) atoms. The van der Waals surface area contributed by atoms with E-state index in [-0.39, 0.29) is 55.3 Å². The van der Waals surface area contributed by atoms with E-state index in [4.69, 9.17) is 17.2 Å². The number of nitrogens with two attached hydrogens (primary N) is 3. The van der Waals surface area contributed by atoms with Crippen LogP contribution in [0.2, 0.25) is 0 Å². The van der Waals surface area contributed by atoms with Crippen LogP contribution in [0, 0.1) is 0 Å². The monoisotopic (exact) mass is 598 g/mol. The summed E-state index contributed by atoms with van der Waals surface area (Å²) in [6, 6.07) is 6.48. The number of Topliss-reactive ketones (excluding diaryl/α,β-unsaturated/α-hetero) is 1. The van der Waals surface area contributed by atoms with Gasteiger partial charge in [0.15, 0.2) is 11.7 Å². The van der Waals surface area contributed by atoms with E-state index in [1.165, 1.54) is 9.80 Å². The molecule has 0 spiro atoms. The van der Waals surface area contributed by atoms with Crippen LogP contribution in [0.15, 0.2) is 35.3 Å². The molecule has 2 aliphatic heterocycles. The van der Waals surface area contributed by atoms with Crippen LogP contribution >= 0.6 is 0 Å². The molecule has 2 fully saturated rings. The van der Waals surface area contributed by atoms with Crippen LogP contribution in [-0.4, -0.2) is 95.5 Å². The Morgan fingerprint density at radius 2 is 1.60 bits per heavy atom. The largest absolute Gasteiger partial charge is 0.370 e. The fourth-order valence-corrected chi connectivity index (χ4v) is 5.73. The number of nitrogens with zero attached hydrogens (tertiary/aromatic N) is 3. The number of carbonyl (C=O) groups excluding carboxylic acids is 5. The second-order valence-electron chi connectivity index (χ2n) is 11.1. The van der Waals surface area contributed by atoms with E-state index in [1.807, 2.05) is 37.3 Å². The maximum Gasteiger partial charge on any atom is 0.243 e. The van der Waals surface area contributed by atoms with Gasteiger partial charge in [-0.15, -0.1) is 0 Å². The molecule has 1 aromatic rings. The molecule has 1 aromatic carbocycles. The van der Waals surface area contributed by atoms with Gasteiger partial charge in [-0.25, -0.2) is 0 Å². The third-order valence-corrected chi connectivity index (χ3v) is 7.92. The number of likely N-dealkylation sites (tertiary alicyclic amines) is 2. The van der Waals surface area contributed by atoms with E-state index in [9.17, 15) is 24.0 Å². The van der Waals surface area contributed by atoms with Gasteiger partial charge in [0.2, 0.25) is 23.6 Å². The summed E-state index contributed by atoms with van der Waals surface area (Å²) in [5, 5.41) is 5.59. The zero-order valence-electron chi connectivity index (χ0n) is 25.0. The van der Waals surface area contributed by atoms with Gasteiger partial charge in [0.1, 0.15) is 12.1 Å². The van der Waals surface area contributed by atoms with Crippen molar-refractivity contribution in [1.82, 2.24) is 20.4 Å². The lowest BCUT2D eigenvalue weighted by Gasteiger charge is -2.28. The van der Waals surface area contributed by atoms with Crippen LogP contribution < -0.4 is 27.8 Å². The SMILES string of the molecule is CCNC(=O)[C@@H]1CCCN1C(=O)CCC(=O)[C@@H](CCCN=C(N)N)NC(=O)[C@@H]1CCCN1C(=O)[C@H](N)Cc1ccccc1. The Kier molecular flexibility index (Phi) is 12.9. The third kappa shape index (κ3) is 9.77. The van der Waals surface area contributed by atoms with Crippen LogP contribution in [-0.2, 0) is 30.4 Å². The molecular weight excluding hydrogens is 552 g/mol. The van der Waals surface area contributed by atoms with Crippen molar-refractivity contribution in [3.8, 4) is 0 Å². The standard InChI is InChI=1S/C30H46N8O5/c1-2-34-27(41)23-12-7-17-37(23)26(40)15-14-25(39)22(11-6-16-35-30(32)33)36-28(42)24-13-8-18-38(24)29(43)21(31)19-20-9-4-3-5-10-20/h3-5,9-10,21-24H,2,6-8,11-19,31H2,1H3,(H,34,41)(H,36,42)(H4,32,33,35)/t21-,22-,23+,24+/m1/s1. The number of carbonyl (C=O) groups is 5. The predicted molar refractivity (Wildman–Crippen MR) is 162 cm³/mol. The molecule has 2 saturated heterocycles. The topological polar surface area (TPSA) is 206 Å². The second kappa shape index (κ2) is 16.6. The Hall–Kier alpha value is -4.00. The first kappa shape index (κ1) is 33.5. The Morgan fingerprint density at radius 3 is 2.26 bits per heavy atom. The number of rotatable bonds is 15. The first-order chi connectivity index (χ1) is 20.6. The highest BCUT2D eigenvalue weighted by Gasteiger charge is 2.38. The van der Waals surface area contributed by atoms with E-state index in [0.29, 0.717) is 51.7 Å². The Morgan fingerprint density at radius 1 is 0.953 bits per heavy atom. The summed E-state index contributed by atoms with van der Waals surface area (Å²) in [5.41, 5.74) is 18.0. The van der Waals surface area contributed by atoms with Gasteiger partial charge in [-0.2, -0.15) is 0 Å². The van der Waals surface area contributed by atoms with Gasteiger partial charge in [-0.3, -0.25) is 29.0 Å². The number of guanidine groups is 1. The van der Waals surface area contributed by atoms with E-state index in [1.54, 1.807) is 0 Å². The van der Waals surface area contributed by atoms with Gasteiger partial charge in [-0.05, 0) is 57.4 Å². The summed E-state index contributed by atoms with van der Waals surface area (Å²) in [5.74, 6) is -1.58. The van der Waals surface area contributed by atoms with Crippen LogP contribution in [0.25, 0.3) is 0 Å². The Bertz CT molecular complexity index is 1160. The minimum Gasteiger partial charge on any atom is -0.370 e. The lowest BCUT2D eigenvalue weighted by molar-refractivity contribution is -0.140. The smallest absolute Gasteiger partial charge is 0.243 e. The van der Waals surface area contributed by atoms with E-state index >= 15 is 0 Å². The van der Waals surface area contributed by atoms with Crippen LogP contribution in [0.1, 0.15) is 63.9 Å². The molecule has 0 bridgehead atoms. The number of benzene rings is 1. The van der Waals surface area contributed by atoms with Gasteiger partial charge in [-0.1, -0.05) is 30.3 Å². The van der Waals surface area contributed by atoms with Crippen molar-refractivity contribution >= 4 is 35.4 Å². The minimum absolute atomic E-state index is 0.0720. The first-order valence-electron chi connectivity index (χ1n) is 15.2. The number of nitrogens with one attached hydrogen (secondary N) is 2. The van der Waals surface area contributed by atoms with Gasteiger partial charge in [0, 0.05) is 39.0 Å². The molecule has 2 aliphatic rings. The maximum absolute atomic E-state index is 13.4. The highest BCUT2D eigenvalue weighted by atomic mass is 16.2. The van der Waals surface area contributed by atoms with Crippen LogP contribution in [0.5, 0.6) is 0 Å². The van der Waals surface area contributed by atoms with E-state index in [0.717, 1.165) is 12.0 Å². The number of aliphatic imine (C=N–C) groups is 1. The zero-order chi connectivity index (χ0) is 31.4. The molecule has 8 N–H and O–H groups in total. The highest BCUT2D eigenvalue weighted by molar-refractivity contribution is 5.95. The van der Waals surface area contributed by atoms with Crippen molar-refractivity contribution in [3.63, 3.8) is 0 Å². The number of amides is 4. The summed E-state index contributed by atoms with van der Waals surface area (Å²) >= 11 is 0. The molecule has 0 radical (unpaired) electrons. The van der Waals surface area contributed by atoms with E-state index in [2.05, 4.69) is 15.6 Å². The average Bonchev–Trinajstić information content (AvgIpc) is 3.68. The minimum atomic E-state index is -0.886. The summed E-state index contributed by atoms with van der Waals surface area (Å²) < 4.78 is 0. The molecule has 236 valence electrons. The molecule has 4 atom stereocenters. The molecule has 3 rings (SSSR count). The normalized spacial score (nSPS) is 19.4. The summed E-state index contributed by atoms with van der Waals surface area (Å²) in [7, 11) is 0. The van der Waals surface area contributed by atoms with E-state index < -0.39 is 30.1 Å². The Balaban J connectivity index is 1.62. The van der Waals surface area contributed by atoms with Gasteiger partial charge in [0.25, 0.3) is 0 Å². The summed E-state index contributed by atoms with van der Waals surface area (Å²) in [6.07, 6.45) is 3.26. The lowest BCUT2D eigenvalue weighted by atomic mass is 10.0. The Labute approximate surface area is 253 Å². The fraction of sp³-hybridized carbons (Fsp3) is 0.600. The van der Waals surface area contributed by atoms with Crippen molar-refractivity contribution in [2.45, 2.75) is 88.9 Å². The molecule has 4 amide bonds. The molecule has 0 unspecified atom stereocenters. The highest BCUT2D eigenvalue weighted by Crippen LogP contribution is 2.21. The number of hydrogen-bond donors (Lipinski definition) is 5. The van der Waals surface area contributed by atoms with Crippen molar-refractivity contribution < 1.29 is 24.0 Å². The average molecular weight is 599 g/mol. The predicted octanol–water partition coefficient (Wildman–Crippen LogP) is -0.438. The molecule has 2 heterocycles. The summed E-state index contributed by atoms with van der Waals surface area (Å²) in [4.78, 5) is 72.3. The van der Waals surface area contributed by atoms with Gasteiger partial charge in [0.05, 0.1) is 12.1 Å². The number of hydrogen-bond acceptors (Lipinski definition) is 7. The van der Waals surface area contributed by atoms with Crippen molar-refractivity contribution in [3.05, 3.63) is 35.9 Å².